The number of nitriles is 1. The van der Waals surface area contributed by atoms with Gasteiger partial charge in [0.2, 0.25) is 0 Å². The average Bonchev–Trinajstić information content (AvgIpc) is 2.87. The minimum Gasteiger partial charge on any atom is -0.466 e. The lowest BCUT2D eigenvalue weighted by molar-refractivity contribution is -0.150. The van der Waals surface area contributed by atoms with Crippen molar-refractivity contribution in [1.82, 2.24) is 9.80 Å². The molecule has 0 N–H and O–H groups in total. The number of piperidine rings is 1. The zero-order valence-corrected chi connectivity index (χ0v) is 17.7. The Morgan fingerprint density at radius 2 is 1.89 bits per heavy atom. The topological polar surface area (TPSA) is 73.6 Å². The Hall–Kier alpha value is -2.03. The second kappa shape index (κ2) is 7.77. The summed E-state index contributed by atoms with van der Waals surface area (Å²) in [6.45, 7) is 11.0. The summed E-state index contributed by atoms with van der Waals surface area (Å²) in [5.74, 6) is -0.528. The van der Waals surface area contributed by atoms with Gasteiger partial charge in [0.15, 0.2) is 0 Å². The van der Waals surface area contributed by atoms with E-state index in [-0.39, 0.29) is 28.8 Å². The van der Waals surface area contributed by atoms with Gasteiger partial charge in [-0.15, -0.1) is 0 Å². The molecule has 0 spiro atoms. The minimum absolute atomic E-state index is 0.140. The summed E-state index contributed by atoms with van der Waals surface area (Å²) in [6, 6.07) is 2.53. The summed E-state index contributed by atoms with van der Waals surface area (Å²) in [6.07, 6.45) is 6.40. The number of hydrogen-bond acceptors (Lipinski definition) is 5. The lowest BCUT2D eigenvalue weighted by Crippen LogP contribution is -2.41. The molecule has 6 heteroatoms. The molecule has 2 atom stereocenters. The van der Waals surface area contributed by atoms with Crippen molar-refractivity contribution in [3.63, 3.8) is 0 Å². The normalized spacial score (nSPS) is 30.1. The third-order valence-corrected chi connectivity index (χ3v) is 6.50. The van der Waals surface area contributed by atoms with Crippen LogP contribution < -0.4 is 0 Å². The van der Waals surface area contributed by atoms with Crippen molar-refractivity contribution in [3.05, 3.63) is 11.8 Å². The van der Waals surface area contributed by atoms with Crippen LogP contribution >= 0.6 is 0 Å². The number of ether oxygens (including phenoxy) is 1. The molecular weight excluding hydrogens is 354 g/mol. The van der Waals surface area contributed by atoms with Gasteiger partial charge in [0.05, 0.1) is 12.5 Å². The first-order valence-corrected chi connectivity index (χ1v) is 10.5. The molecule has 0 aromatic rings. The van der Waals surface area contributed by atoms with Gasteiger partial charge in [0.1, 0.15) is 11.6 Å². The molecule has 2 saturated heterocycles. The first-order chi connectivity index (χ1) is 13.2. The van der Waals surface area contributed by atoms with E-state index in [4.69, 9.17) is 4.74 Å². The molecule has 3 aliphatic rings. The number of amides is 1. The van der Waals surface area contributed by atoms with E-state index < -0.39 is 0 Å². The van der Waals surface area contributed by atoms with Crippen LogP contribution in [0.3, 0.4) is 0 Å². The fourth-order valence-electron chi connectivity index (χ4n) is 5.70. The van der Waals surface area contributed by atoms with Gasteiger partial charge in [-0.3, -0.25) is 9.59 Å². The van der Waals surface area contributed by atoms with E-state index in [2.05, 4.69) is 31.7 Å². The van der Waals surface area contributed by atoms with E-state index in [0.29, 0.717) is 44.0 Å². The van der Waals surface area contributed by atoms with Gasteiger partial charge in [-0.2, -0.15) is 5.26 Å². The molecule has 2 unspecified atom stereocenters. The van der Waals surface area contributed by atoms with Crippen molar-refractivity contribution < 1.29 is 14.3 Å². The van der Waals surface area contributed by atoms with Crippen molar-refractivity contribution in [3.8, 4) is 6.07 Å². The maximum Gasteiger partial charge on any atom is 0.309 e. The van der Waals surface area contributed by atoms with Crippen LogP contribution in [0.25, 0.3) is 0 Å². The fraction of sp³-hybridized carbons (Fsp3) is 0.773. The van der Waals surface area contributed by atoms with Crippen molar-refractivity contribution in [2.24, 2.45) is 16.7 Å². The summed E-state index contributed by atoms with van der Waals surface area (Å²) in [7, 11) is 0. The zero-order chi connectivity index (χ0) is 20.5. The molecule has 2 heterocycles. The highest BCUT2D eigenvalue weighted by Gasteiger charge is 2.49. The van der Waals surface area contributed by atoms with Crippen LogP contribution in [0.15, 0.2) is 11.8 Å². The van der Waals surface area contributed by atoms with Crippen LogP contribution in [-0.2, 0) is 14.3 Å². The van der Waals surface area contributed by atoms with Gasteiger partial charge < -0.3 is 14.5 Å². The van der Waals surface area contributed by atoms with E-state index in [0.717, 1.165) is 19.4 Å². The molecule has 0 aromatic carbocycles. The predicted octanol–water partition coefficient (Wildman–Crippen LogP) is 3.10. The van der Waals surface area contributed by atoms with E-state index in [1.165, 1.54) is 6.42 Å². The minimum atomic E-state index is -0.212. The summed E-state index contributed by atoms with van der Waals surface area (Å²) in [5, 5.41) is 9.64. The second-order valence-corrected chi connectivity index (χ2v) is 9.86. The lowest BCUT2D eigenvalue weighted by Gasteiger charge is -2.39. The fourth-order valence-corrected chi connectivity index (χ4v) is 5.70. The number of likely N-dealkylation sites (tertiary alicyclic amines) is 2. The van der Waals surface area contributed by atoms with Crippen LogP contribution in [-0.4, -0.2) is 54.0 Å². The van der Waals surface area contributed by atoms with E-state index in [1.54, 1.807) is 18.0 Å². The van der Waals surface area contributed by atoms with Crippen LogP contribution in [0.1, 0.15) is 59.8 Å². The molecule has 1 aliphatic carbocycles. The highest BCUT2D eigenvalue weighted by Crippen LogP contribution is 2.52. The first-order valence-electron chi connectivity index (χ1n) is 10.5. The highest BCUT2D eigenvalue weighted by atomic mass is 16.5. The Balaban J connectivity index is 1.65. The summed E-state index contributed by atoms with van der Waals surface area (Å²) < 4.78 is 5.09. The Labute approximate surface area is 168 Å². The molecule has 28 heavy (non-hydrogen) atoms. The van der Waals surface area contributed by atoms with Crippen LogP contribution in [0.4, 0.5) is 0 Å². The standard InChI is InChI=1S/C22H33N3O3/c1-5-28-20(27)16-6-8-24(9-7-16)19(26)17(12-23)13-25-15-22(4)11-18(25)10-21(2,3)14-22/h13,16,18H,5-11,14-15H2,1-4H3/b17-13-. The van der Waals surface area contributed by atoms with Crippen LogP contribution in [0.2, 0.25) is 0 Å². The molecule has 0 aromatic heterocycles. The maximum absolute atomic E-state index is 12.9. The zero-order valence-electron chi connectivity index (χ0n) is 17.7. The van der Waals surface area contributed by atoms with Gasteiger partial charge in [0, 0.05) is 31.9 Å². The van der Waals surface area contributed by atoms with Gasteiger partial charge in [-0.1, -0.05) is 20.8 Å². The van der Waals surface area contributed by atoms with E-state index in [1.807, 2.05) is 0 Å². The van der Waals surface area contributed by atoms with Crippen LogP contribution in [0, 0.1) is 28.1 Å². The third-order valence-electron chi connectivity index (χ3n) is 6.50. The Kier molecular flexibility index (Phi) is 5.74. The van der Waals surface area contributed by atoms with Gasteiger partial charge >= 0.3 is 5.97 Å². The second-order valence-electron chi connectivity index (χ2n) is 9.86. The van der Waals surface area contributed by atoms with Gasteiger partial charge in [-0.25, -0.2) is 0 Å². The molecule has 3 fully saturated rings. The summed E-state index contributed by atoms with van der Waals surface area (Å²) >= 11 is 0. The van der Waals surface area contributed by atoms with E-state index >= 15 is 0 Å². The number of carbonyl (C=O) groups excluding carboxylic acids is 2. The molecule has 154 valence electrons. The SMILES string of the molecule is CCOC(=O)C1CCN(C(=O)/C(C#N)=C\N2CC3(C)CC2CC(C)(C)C3)CC1. The average molecular weight is 388 g/mol. The van der Waals surface area contributed by atoms with Crippen molar-refractivity contribution >= 4 is 11.9 Å². The van der Waals surface area contributed by atoms with Crippen molar-refractivity contribution in [2.45, 2.75) is 65.8 Å². The Morgan fingerprint density at radius 3 is 2.50 bits per heavy atom. The number of esters is 1. The largest absolute Gasteiger partial charge is 0.466 e. The maximum atomic E-state index is 12.9. The molecule has 6 nitrogen and oxygen atoms in total. The number of nitrogens with zero attached hydrogens (tertiary/aromatic N) is 3. The van der Waals surface area contributed by atoms with Crippen molar-refractivity contribution in [1.29, 1.82) is 5.26 Å². The Morgan fingerprint density at radius 1 is 1.21 bits per heavy atom. The number of hydrogen-bond donors (Lipinski definition) is 0. The Bertz CT molecular complexity index is 700. The smallest absolute Gasteiger partial charge is 0.309 e. The van der Waals surface area contributed by atoms with Gasteiger partial charge in [0.25, 0.3) is 5.91 Å². The molecule has 1 amide bonds. The summed E-state index contributed by atoms with van der Waals surface area (Å²) in [4.78, 5) is 28.7. The van der Waals surface area contributed by atoms with E-state index in [9.17, 15) is 14.9 Å². The molecule has 2 aliphatic heterocycles. The van der Waals surface area contributed by atoms with Gasteiger partial charge in [-0.05, 0) is 49.9 Å². The third kappa shape index (κ3) is 4.34. The number of fused-ring (bicyclic) bond motifs is 2. The molecule has 1 saturated carbocycles. The molecular formula is C22H33N3O3. The lowest BCUT2D eigenvalue weighted by atomic mass is 9.65. The number of carbonyl (C=O) groups is 2. The predicted molar refractivity (Wildman–Crippen MR) is 106 cm³/mol. The molecule has 3 rings (SSSR count). The quantitative estimate of drug-likeness (QED) is 0.421. The number of rotatable bonds is 4. The van der Waals surface area contributed by atoms with Crippen LogP contribution in [0.5, 0.6) is 0 Å². The van der Waals surface area contributed by atoms with Crippen molar-refractivity contribution in [2.75, 3.05) is 26.2 Å². The molecule has 0 radical (unpaired) electrons. The molecule has 2 bridgehead atoms. The highest BCUT2D eigenvalue weighted by molar-refractivity contribution is 5.97. The first kappa shape index (κ1) is 20.7. The monoisotopic (exact) mass is 387 g/mol. The summed E-state index contributed by atoms with van der Waals surface area (Å²) in [5.41, 5.74) is 0.764.